The van der Waals surface area contributed by atoms with Crippen LogP contribution in [0.3, 0.4) is 0 Å². The molecule has 0 aromatic heterocycles. The van der Waals surface area contributed by atoms with Gasteiger partial charge in [0.05, 0.1) is 12.8 Å². The lowest BCUT2D eigenvalue weighted by Gasteiger charge is -2.39. The fraction of sp³-hybridized carbons (Fsp3) is 1.00. The van der Waals surface area contributed by atoms with Crippen molar-refractivity contribution in [3.63, 3.8) is 0 Å². The SMILES string of the molecule is CC(C)CC(C)CO[C@H](C)C1CCC(C2CCC(CF)CC2)CC1. The molecule has 2 rings (SSSR count). The first-order valence-corrected chi connectivity index (χ1v) is 10.7. The van der Waals surface area contributed by atoms with Crippen LogP contribution in [0.15, 0.2) is 0 Å². The molecule has 1 unspecified atom stereocenters. The number of ether oxygens (including phenoxy) is 1. The molecule has 24 heavy (non-hydrogen) atoms. The van der Waals surface area contributed by atoms with Crippen LogP contribution in [0.25, 0.3) is 0 Å². The Labute approximate surface area is 150 Å². The fourth-order valence-corrected chi connectivity index (χ4v) is 5.22. The molecule has 0 radical (unpaired) electrons. The maximum absolute atomic E-state index is 12.8. The minimum absolute atomic E-state index is 0.0937. The monoisotopic (exact) mass is 340 g/mol. The van der Waals surface area contributed by atoms with Crippen LogP contribution in [0.2, 0.25) is 0 Å². The van der Waals surface area contributed by atoms with E-state index in [-0.39, 0.29) is 6.67 Å². The number of hydrogen-bond donors (Lipinski definition) is 0. The Morgan fingerprint density at radius 3 is 1.88 bits per heavy atom. The summed E-state index contributed by atoms with van der Waals surface area (Å²) in [6, 6.07) is 0. The Bertz CT molecular complexity index is 327. The molecule has 0 aromatic carbocycles. The molecule has 2 atom stereocenters. The molecule has 2 heteroatoms. The third-order valence-corrected chi connectivity index (χ3v) is 6.77. The molecule has 0 bridgehead atoms. The number of halogens is 1. The van der Waals surface area contributed by atoms with Gasteiger partial charge in [-0.1, -0.05) is 20.8 Å². The zero-order valence-corrected chi connectivity index (χ0v) is 16.6. The van der Waals surface area contributed by atoms with Gasteiger partial charge in [0, 0.05) is 6.61 Å². The number of rotatable bonds is 8. The molecule has 0 saturated heterocycles. The van der Waals surface area contributed by atoms with Crippen molar-refractivity contribution in [2.45, 2.75) is 91.6 Å². The highest BCUT2D eigenvalue weighted by Gasteiger charge is 2.32. The van der Waals surface area contributed by atoms with Gasteiger partial charge in [-0.25, -0.2) is 0 Å². The van der Waals surface area contributed by atoms with E-state index in [9.17, 15) is 4.39 Å². The van der Waals surface area contributed by atoms with Crippen LogP contribution in [0.4, 0.5) is 4.39 Å². The summed E-state index contributed by atoms with van der Waals surface area (Å²) in [7, 11) is 0. The maximum atomic E-state index is 12.8. The first-order valence-electron chi connectivity index (χ1n) is 10.7. The Morgan fingerprint density at radius 2 is 1.38 bits per heavy atom. The van der Waals surface area contributed by atoms with Gasteiger partial charge in [-0.2, -0.15) is 0 Å². The zero-order chi connectivity index (χ0) is 17.5. The molecule has 0 spiro atoms. The topological polar surface area (TPSA) is 9.23 Å². The molecular formula is C22H41FO. The molecule has 142 valence electrons. The Balaban J connectivity index is 1.65. The van der Waals surface area contributed by atoms with Gasteiger partial charge in [0.1, 0.15) is 0 Å². The highest BCUT2D eigenvalue weighted by Crippen LogP contribution is 2.42. The van der Waals surface area contributed by atoms with Crippen LogP contribution < -0.4 is 0 Å². The molecule has 2 saturated carbocycles. The summed E-state index contributed by atoms with van der Waals surface area (Å²) in [4.78, 5) is 0. The van der Waals surface area contributed by atoms with Crippen molar-refractivity contribution in [2.24, 2.45) is 35.5 Å². The van der Waals surface area contributed by atoms with Crippen LogP contribution in [-0.4, -0.2) is 19.4 Å². The first kappa shape index (κ1) is 20.2. The number of hydrogen-bond acceptors (Lipinski definition) is 1. The van der Waals surface area contributed by atoms with E-state index in [1.165, 1.54) is 44.9 Å². The lowest BCUT2D eigenvalue weighted by atomic mass is 9.69. The average Bonchev–Trinajstić information content (AvgIpc) is 2.59. The van der Waals surface area contributed by atoms with Crippen LogP contribution in [0, 0.1) is 35.5 Å². The van der Waals surface area contributed by atoms with Gasteiger partial charge >= 0.3 is 0 Å². The minimum Gasteiger partial charge on any atom is -0.378 e. The molecule has 2 aliphatic rings. The van der Waals surface area contributed by atoms with Crippen molar-refractivity contribution in [1.29, 1.82) is 0 Å². The van der Waals surface area contributed by atoms with Crippen LogP contribution in [-0.2, 0) is 4.74 Å². The van der Waals surface area contributed by atoms with Crippen molar-refractivity contribution in [3.8, 4) is 0 Å². The van der Waals surface area contributed by atoms with E-state index in [2.05, 4.69) is 27.7 Å². The molecule has 0 heterocycles. The molecule has 2 fully saturated rings. The van der Waals surface area contributed by atoms with E-state index >= 15 is 0 Å². The van der Waals surface area contributed by atoms with Crippen LogP contribution in [0.5, 0.6) is 0 Å². The van der Waals surface area contributed by atoms with Gasteiger partial charge in [-0.05, 0) is 100 Å². The lowest BCUT2D eigenvalue weighted by molar-refractivity contribution is -0.0144. The predicted octanol–water partition coefficient (Wildman–Crippen LogP) is 6.66. The van der Waals surface area contributed by atoms with Gasteiger partial charge in [-0.15, -0.1) is 0 Å². The molecule has 0 aliphatic heterocycles. The van der Waals surface area contributed by atoms with Gasteiger partial charge in [-0.3, -0.25) is 4.39 Å². The predicted molar refractivity (Wildman–Crippen MR) is 101 cm³/mol. The summed E-state index contributed by atoms with van der Waals surface area (Å²) < 4.78 is 19.0. The van der Waals surface area contributed by atoms with E-state index in [4.69, 9.17) is 4.74 Å². The summed E-state index contributed by atoms with van der Waals surface area (Å²) in [5.41, 5.74) is 0. The maximum Gasteiger partial charge on any atom is 0.0922 e. The Hall–Kier alpha value is -0.110. The normalized spacial score (nSPS) is 34.2. The Morgan fingerprint density at radius 1 is 0.833 bits per heavy atom. The zero-order valence-electron chi connectivity index (χ0n) is 16.6. The van der Waals surface area contributed by atoms with E-state index in [0.717, 1.165) is 43.1 Å². The van der Waals surface area contributed by atoms with E-state index in [1.54, 1.807) is 0 Å². The third kappa shape index (κ3) is 6.32. The summed E-state index contributed by atoms with van der Waals surface area (Å²) in [6.45, 7) is 10.0. The summed E-state index contributed by atoms with van der Waals surface area (Å²) in [6.07, 6.45) is 12.0. The average molecular weight is 341 g/mol. The first-order chi connectivity index (χ1) is 11.5. The summed E-state index contributed by atoms with van der Waals surface area (Å²) >= 11 is 0. The quantitative estimate of drug-likeness (QED) is 0.480. The van der Waals surface area contributed by atoms with Crippen molar-refractivity contribution in [1.82, 2.24) is 0 Å². The summed E-state index contributed by atoms with van der Waals surface area (Å²) in [5, 5.41) is 0. The molecule has 0 N–H and O–H groups in total. The lowest BCUT2D eigenvalue weighted by Crippen LogP contribution is -2.31. The van der Waals surface area contributed by atoms with E-state index in [1.807, 2.05) is 0 Å². The van der Waals surface area contributed by atoms with Crippen molar-refractivity contribution < 1.29 is 9.13 Å². The van der Waals surface area contributed by atoms with Crippen molar-refractivity contribution >= 4 is 0 Å². The fourth-order valence-electron chi connectivity index (χ4n) is 5.22. The van der Waals surface area contributed by atoms with Crippen molar-refractivity contribution in [3.05, 3.63) is 0 Å². The second-order valence-electron chi connectivity index (χ2n) is 9.38. The highest BCUT2D eigenvalue weighted by atomic mass is 19.1. The minimum atomic E-state index is -0.0937. The number of alkyl halides is 1. The molecule has 0 aromatic rings. The third-order valence-electron chi connectivity index (χ3n) is 6.77. The second kappa shape index (κ2) is 10.1. The van der Waals surface area contributed by atoms with Crippen LogP contribution in [0.1, 0.15) is 85.5 Å². The second-order valence-corrected chi connectivity index (χ2v) is 9.38. The highest BCUT2D eigenvalue weighted by molar-refractivity contribution is 4.83. The molecular weight excluding hydrogens is 299 g/mol. The van der Waals surface area contributed by atoms with E-state index in [0.29, 0.717) is 17.9 Å². The van der Waals surface area contributed by atoms with Crippen LogP contribution >= 0.6 is 0 Å². The van der Waals surface area contributed by atoms with Gasteiger partial charge in [0.15, 0.2) is 0 Å². The van der Waals surface area contributed by atoms with Gasteiger partial charge < -0.3 is 4.74 Å². The Kier molecular flexibility index (Phi) is 8.54. The van der Waals surface area contributed by atoms with Crippen molar-refractivity contribution in [2.75, 3.05) is 13.3 Å². The molecule has 0 amide bonds. The summed E-state index contributed by atoms with van der Waals surface area (Å²) in [5.74, 6) is 4.37. The largest absolute Gasteiger partial charge is 0.378 e. The smallest absolute Gasteiger partial charge is 0.0922 e. The van der Waals surface area contributed by atoms with Gasteiger partial charge in [0.25, 0.3) is 0 Å². The van der Waals surface area contributed by atoms with Gasteiger partial charge in [0.2, 0.25) is 0 Å². The van der Waals surface area contributed by atoms with E-state index < -0.39 is 0 Å². The molecule has 1 nitrogen and oxygen atoms in total. The molecule has 2 aliphatic carbocycles. The standard InChI is InChI=1S/C22H41FO/c1-16(2)13-17(3)15-24-18(4)20-9-11-22(12-10-20)21-7-5-19(14-23)6-8-21/h16-22H,5-15H2,1-4H3/t17?,18-,19?,20?,21?,22?/m1/s1.